The highest BCUT2D eigenvalue weighted by Gasteiger charge is 2.12. The Morgan fingerprint density at radius 2 is 1.90 bits per heavy atom. The van der Waals surface area contributed by atoms with Crippen LogP contribution in [0.5, 0.6) is 0 Å². The van der Waals surface area contributed by atoms with Crippen LogP contribution in [0, 0.1) is 12.3 Å². The van der Waals surface area contributed by atoms with Crippen LogP contribution < -0.4 is 0 Å². The summed E-state index contributed by atoms with van der Waals surface area (Å²) in [5.41, 5.74) is 4.24. The van der Waals surface area contributed by atoms with Gasteiger partial charge in [-0.15, -0.1) is 17.4 Å². The maximum atomic E-state index is 5.41. The monoisotopic (exact) mass is 413 g/mol. The first kappa shape index (κ1) is 19.6. The smallest absolute Gasteiger partial charge is 0.180 e. The van der Waals surface area contributed by atoms with Gasteiger partial charge in [0.05, 0.1) is 6.54 Å². The van der Waals surface area contributed by atoms with Gasteiger partial charge in [0.2, 0.25) is 0 Å². The van der Waals surface area contributed by atoms with Crippen molar-refractivity contribution in [2.24, 2.45) is 0 Å². The Labute approximate surface area is 179 Å². The molecule has 0 saturated heterocycles. The lowest BCUT2D eigenvalue weighted by atomic mass is 9.98. The Hall–Kier alpha value is -3.70. The van der Waals surface area contributed by atoms with E-state index in [2.05, 4.69) is 67.0 Å². The van der Waals surface area contributed by atoms with Gasteiger partial charge in [-0.3, -0.25) is 0 Å². The molecule has 0 saturated carbocycles. The Morgan fingerprint density at radius 3 is 2.60 bits per heavy atom. The van der Waals surface area contributed by atoms with Gasteiger partial charge in [0.25, 0.3) is 0 Å². The molecule has 2 aromatic heterocycles. The highest BCUT2D eigenvalue weighted by Crippen LogP contribution is 2.29. The molecule has 0 aliphatic rings. The third-order valence-corrected chi connectivity index (χ3v) is 4.85. The molecular formula is C22H19N7S. The number of hydrogen-bond acceptors (Lipinski definition) is 6. The van der Waals surface area contributed by atoms with Crippen molar-refractivity contribution in [3.63, 3.8) is 0 Å². The molecule has 0 atom stereocenters. The number of aromatic amines is 1. The van der Waals surface area contributed by atoms with Crippen LogP contribution in [0.1, 0.15) is 23.6 Å². The Balaban J connectivity index is 1.59. The van der Waals surface area contributed by atoms with Gasteiger partial charge in [-0.2, -0.15) is 5.10 Å². The minimum atomic E-state index is 0.567. The standard InChI is InChI=1S/C22H19N7S/c1-2-3-13-29-21(23-20(26-29)12-14-30)15-16-8-10-17(11-9-16)18-6-4-5-7-19(18)22-24-27-28-25-22/h1,4-11,14H,3,12-13,15H2,(H,24,25,27,28). The van der Waals surface area contributed by atoms with E-state index in [1.165, 1.54) is 0 Å². The fourth-order valence-electron chi connectivity index (χ4n) is 3.27. The molecule has 0 unspecified atom stereocenters. The summed E-state index contributed by atoms with van der Waals surface area (Å²) in [6.07, 6.45) is 7.26. The van der Waals surface area contributed by atoms with E-state index in [1.54, 1.807) is 5.37 Å². The van der Waals surface area contributed by atoms with E-state index < -0.39 is 0 Å². The molecule has 0 amide bonds. The van der Waals surface area contributed by atoms with Crippen LogP contribution in [-0.4, -0.2) is 40.8 Å². The van der Waals surface area contributed by atoms with Crippen LogP contribution in [0.4, 0.5) is 0 Å². The molecule has 1 N–H and O–H groups in total. The van der Waals surface area contributed by atoms with E-state index in [-0.39, 0.29) is 0 Å². The second kappa shape index (κ2) is 9.20. The predicted molar refractivity (Wildman–Crippen MR) is 119 cm³/mol. The van der Waals surface area contributed by atoms with Gasteiger partial charge in [-0.1, -0.05) is 60.7 Å². The normalized spacial score (nSPS) is 10.6. The molecule has 7 nitrogen and oxygen atoms in total. The first-order valence-corrected chi connectivity index (χ1v) is 9.97. The summed E-state index contributed by atoms with van der Waals surface area (Å²) >= 11 is 4.94. The number of H-pyrrole nitrogens is 1. The topological polar surface area (TPSA) is 85.2 Å². The zero-order chi connectivity index (χ0) is 20.8. The maximum absolute atomic E-state index is 5.41. The van der Waals surface area contributed by atoms with Crippen LogP contribution in [0.15, 0.2) is 48.5 Å². The summed E-state index contributed by atoms with van der Waals surface area (Å²) < 4.78 is 1.88. The molecule has 2 heterocycles. The van der Waals surface area contributed by atoms with Gasteiger partial charge in [-0.05, 0) is 32.5 Å². The number of tetrazole rings is 1. The lowest BCUT2D eigenvalue weighted by Gasteiger charge is -2.09. The van der Waals surface area contributed by atoms with Gasteiger partial charge in [-0.25, -0.2) is 14.8 Å². The summed E-state index contributed by atoms with van der Waals surface area (Å²) in [5, 5.41) is 20.4. The van der Waals surface area contributed by atoms with Gasteiger partial charge in [0.1, 0.15) is 5.82 Å². The van der Waals surface area contributed by atoms with Crippen LogP contribution in [0.3, 0.4) is 0 Å². The maximum Gasteiger partial charge on any atom is 0.180 e. The molecule has 0 radical (unpaired) electrons. The van der Waals surface area contributed by atoms with Crippen LogP contribution in [-0.2, 0) is 19.4 Å². The zero-order valence-corrected chi connectivity index (χ0v) is 17.0. The molecule has 0 aliphatic heterocycles. The molecule has 0 bridgehead atoms. The van der Waals surface area contributed by atoms with Crippen molar-refractivity contribution < 1.29 is 0 Å². The van der Waals surface area contributed by atoms with Crippen molar-refractivity contribution in [2.45, 2.75) is 25.8 Å². The van der Waals surface area contributed by atoms with E-state index in [4.69, 9.17) is 18.6 Å². The number of nitrogens with one attached hydrogen (secondary N) is 1. The van der Waals surface area contributed by atoms with Crippen LogP contribution >= 0.6 is 12.2 Å². The van der Waals surface area contributed by atoms with Crippen molar-refractivity contribution in [1.82, 2.24) is 35.4 Å². The van der Waals surface area contributed by atoms with Crippen molar-refractivity contribution in [3.05, 3.63) is 65.7 Å². The minimum Gasteiger partial charge on any atom is -0.248 e. The zero-order valence-electron chi connectivity index (χ0n) is 16.2. The number of hydrogen-bond donors (Lipinski definition) is 1. The Kier molecular flexibility index (Phi) is 6.01. The third kappa shape index (κ3) is 4.31. The fraction of sp³-hybridized carbons (Fsp3) is 0.182. The molecule has 30 heavy (non-hydrogen) atoms. The van der Waals surface area contributed by atoms with Gasteiger partial charge >= 0.3 is 0 Å². The van der Waals surface area contributed by atoms with E-state index >= 15 is 0 Å². The highest BCUT2D eigenvalue weighted by atomic mass is 32.1. The summed E-state index contributed by atoms with van der Waals surface area (Å²) in [6.45, 7) is 0.646. The number of rotatable bonds is 8. The van der Waals surface area contributed by atoms with E-state index in [9.17, 15) is 0 Å². The van der Waals surface area contributed by atoms with Crippen molar-refractivity contribution in [3.8, 4) is 34.9 Å². The van der Waals surface area contributed by atoms with Crippen LogP contribution in [0.25, 0.3) is 22.5 Å². The van der Waals surface area contributed by atoms with E-state index in [0.29, 0.717) is 31.6 Å². The minimum absolute atomic E-state index is 0.567. The predicted octanol–water partition coefficient (Wildman–Crippen LogP) is 3.28. The van der Waals surface area contributed by atoms with Crippen molar-refractivity contribution >= 4 is 17.6 Å². The summed E-state index contributed by atoms with van der Waals surface area (Å²) in [5.74, 6) is 4.91. The first-order valence-electron chi connectivity index (χ1n) is 9.50. The van der Waals surface area contributed by atoms with Crippen molar-refractivity contribution in [1.29, 1.82) is 0 Å². The van der Waals surface area contributed by atoms with E-state index in [0.717, 1.165) is 33.9 Å². The summed E-state index contributed by atoms with van der Waals surface area (Å²) in [6, 6.07) is 16.4. The van der Waals surface area contributed by atoms with Crippen molar-refractivity contribution in [2.75, 3.05) is 0 Å². The average molecular weight is 414 g/mol. The lowest BCUT2D eigenvalue weighted by Crippen LogP contribution is -2.06. The van der Waals surface area contributed by atoms with Gasteiger partial charge in [0, 0.05) is 24.8 Å². The quantitative estimate of drug-likeness (QED) is 0.352. The number of thiocarbonyl (C=S) groups is 1. The molecule has 8 heteroatoms. The first-order chi connectivity index (χ1) is 14.8. The van der Waals surface area contributed by atoms with E-state index in [1.807, 2.05) is 22.9 Å². The second-order valence-electron chi connectivity index (χ2n) is 6.66. The summed E-state index contributed by atoms with van der Waals surface area (Å²) in [7, 11) is 0. The van der Waals surface area contributed by atoms with Gasteiger partial charge < -0.3 is 0 Å². The molecule has 4 rings (SSSR count). The number of benzene rings is 2. The Bertz CT molecular complexity index is 1170. The van der Waals surface area contributed by atoms with Crippen LogP contribution in [0.2, 0.25) is 0 Å². The summed E-state index contributed by atoms with van der Waals surface area (Å²) in [4.78, 5) is 4.64. The molecule has 0 aliphatic carbocycles. The lowest BCUT2D eigenvalue weighted by molar-refractivity contribution is 0.595. The molecular weight excluding hydrogens is 394 g/mol. The molecule has 4 aromatic rings. The molecule has 148 valence electrons. The Morgan fingerprint density at radius 1 is 1.10 bits per heavy atom. The van der Waals surface area contributed by atoms with Gasteiger partial charge in [0.15, 0.2) is 11.6 Å². The number of terminal acetylenes is 1. The highest BCUT2D eigenvalue weighted by molar-refractivity contribution is 7.78. The SMILES string of the molecule is C#CCCn1nc(CC=S)nc1Cc1ccc(-c2ccccc2-c2nnn[nH]2)cc1. The molecule has 2 aromatic carbocycles. The molecule has 0 fully saturated rings. The third-order valence-electron chi connectivity index (χ3n) is 4.68. The average Bonchev–Trinajstić information content (AvgIpc) is 3.44. The molecule has 0 spiro atoms. The largest absolute Gasteiger partial charge is 0.248 e. The fourth-order valence-corrected chi connectivity index (χ4v) is 3.42. The second-order valence-corrected chi connectivity index (χ2v) is 6.99. The number of aromatic nitrogens is 7. The number of nitrogens with zero attached hydrogens (tertiary/aromatic N) is 6. The number of aryl methyl sites for hydroxylation is 1.